The predicted octanol–water partition coefficient (Wildman–Crippen LogP) is 5.49. The van der Waals surface area contributed by atoms with Gasteiger partial charge in [0.15, 0.2) is 12.4 Å². The first kappa shape index (κ1) is 21.4. The molecule has 4 aromatic rings. The fourth-order valence-corrected chi connectivity index (χ4v) is 3.50. The van der Waals surface area contributed by atoms with Gasteiger partial charge in [0.2, 0.25) is 0 Å². The highest BCUT2D eigenvalue weighted by molar-refractivity contribution is 9.10. The largest absolute Gasteiger partial charge is 0.470 e. The van der Waals surface area contributed by atoms with E-state index in [1.165, 1.54) is 4.68 Å². The van der Waals surface area contributed by atoms with E-state index in [0.717, 1.165) is 10.0 Å². The molecule has 0 aliphatic rings. The topological polar surface area (TPSA) is 74.0 Å². The lowest BCUT2D eigenvalue weighted by Gasteiger charge is -2.08. The second-order valence-electron chi connectivity index (χ2n) is 6.60. The Morgan fingerprint density at radius 3 is 2.68 bits per heavy atom. The second-order valence-corrected chi connectivity index (χ2v) is 8.36. The van der Waals surface area contributed by atoms with E-state index in [1.54, 1.807) is 47.5 Å². The van der Waals surface area contributed by atoms with Gasteiger partial charge in [-0.3, -0.25) is 9.48 Å². The first-order valence-electron chi connectivity index (χ1n) is 9.16. The van der Waals surface area contributed by atoms with Gasteiger partial charge in [0.25, 0.3) is 5.91 Å². The molecule has 0 fully saturated rings. The van der Waals surface area contributed by atoms with E-state index in [-0.39, 0.29) is 18.3 Å². The van der Waals surface area contributed by atoms with Crippen LogP contribution in [0.1, 0.15) is 16.1 Å². The number of amides is 1. The number of nitrogens with zero attached hydrogens (tertiary/aromatic N) is 4. The number of aromatic nitrogens is 4. The summed E-state index contributed by atoms with van der Waals surface area (Å²) in [5, 5.41) is 12.2. The summed E-state index contributed by atoms with van der Waals surface area (Å²) >= 11 is 15.4. The van der Waals surface area contributed by atoms with Gasteiger partial charge in [0.05, 0.1) is 23.5 Å². The molecule has 2 heterocycles. The highest BCUT2D eigenvalue weighted by Crippen LogP contribution is 2.27. The normalized spacial score (nSPS) is 10.8. The number of carbonyl (C=O) groups excluding carboxylic acids is 1. The Balaban J connectivity index is 1.33. The molecular formula is C21H16BrCl2N5O2. The molecule has 31 heavy (non-hydrogen) atoms. The Hall–Kier alpha value is -2.81. The molecular weight excluding hydrogens is 505 g/mol. The second kappa shape index (κ2) is 9.55. The standard InChI is InChI=1S/C21H16BrCl2N5O2/c22-15-3-1-14(2-4-15)11-29-12-17(10-25-29)26-21(30)19-7-8-28(27-19)13-31-20-6-5-16(23)9-18(20)24/h1-10,12H,11,13H2,(H,26,30). The molecule has 2 aromatic carbocycles. The van der Waals surface area contributed by atoms with E-state index in [2.05, 4.69) is 31.4 Å². The third-order valence-electron chi connectivity index (χ3n) is 4.27. The molecule has 0 spiro atoms. The van der Waals surface area contributed by atoms with Gasteiger partial charge in [0, 0.05) is 21.9 Å². The zero-order valence-electron chi connectivity index (χ0n) is 16.0. The predicted molar refractivity (Wildman–Crippen MR) is 123 cm³/mol. The summed E-state index contributed by atoms with van der Waals surface area (Å²) < 4.78 is 9.89. The number of halogens is 3. The average Bonchev–Trinajstić information content (AvgIpc) is 3.39. The Bertz CT molecular complexity index is 1210. The lowest BCUT2D eigenvalue weighted by atomic mass is 10.2. The van der Waals surface area contributed by atoms with Crippen molar-refractivity contribution in [3.05, 3.63) is 92.9 Å². The number of hydrogen-bond acceptors (Lipinski definition) is 4. The van der Waals surface area contributed by atoms with Crippen LogP contribution in [0.4, 0.5) is 5.69 Å². The van der Waals surface area contributed by atoms with Gasteiger partial charge < -0.3 is 10.1 Å². The van der Waals surface area contributed by atoms with Crippen LogP contribution in [0.5, 0.6) is 5.75 Å². The van der Waals surface area contributed by atoms with Crippen molar-refractivity contribution in [2.24, 2.45) is 0 Å². The number of benzene rings is 2. The number of carbonyl (C=O) groups is 1. The fourth-order valence-electron chi connectivity index (χ4n) is 2.77. The fraction of sp³-hybridized carbons (Fsp3) is 0.0952. The van der Waals surface area contributed by atoms with E-state index in [9.17, 15) is 4.79 Å². The molecule has 10 heteroatoms. The molecule has 7 nitrogen and oxygen atoms in total. The SMILES string of the molecule is O=C(Nc1cnn(Cc2ccc(Br)cc2)c1)c1ccn(COc2ccc(Cl)cc2Cl)n1. The third kappa shape index (κ3) is 5.66. The van der Waals surface area contributed by atoms with Crippen LogP contribution in [0, 0.1) is 0 Å². The molecule has 2 aromatic heterocycles. The summed E-state index contributed by atoms with van der Waals surface area (Å²) in [5.74, 6) is 0.136. The Morgan fingerprint density at radius 1 is 1.10 bits per heavy atom. The maximum atomic E-state index is 12.5. The lowest BCUT2D eigenvalue weighted by Crippen LogP contribution is -2.14. The van der Waals surface area contributed by atoms with Crippen LogP contribution in [-0.2, 0) is 13.3 Å². The minimum atomic E-state index is -0.341. The van der Waals surface area contributed by atoms with Gasteiger partial charge in [-0.05, 0) is 42.0 Å². The molecule has 0 aliphatic carbocycles. The summed E-state index contributed by atoms with van der Waals surface area (Å²) in [6.07, 6.45) is 5.01. The van der Waals surface area contributed by atoms with Crippen LogP contribution < -0.4 is 10.1 Å². The van der Waals surface area contributed by atoms with Crippen LogP contribution in [0.15, 0.2) is 71.6 Å². The van der Waals surface area contributed by atoms with Gasteiger partial charge >= 0.3 is 0 Å². The zero-order chi connectivity index (χ0) is 21.8. The molecule has 0 unspecified atom stereocenters. The van der Waals surface area contributed by atoms with Crippen molar-refractivity contribution in [3.63, 3.8) is 0 Å². The molecule has 4 rings (SSSR count). The Kier molecular flexibility index (Phi) is 6.60. The minimum absolute atomic E-state index is 0.0970. The molecule has 1 amide bonds. The average molecular weight is 521 g/mol. The number of hydrogen-bond donors (Lipinski definition) is 1. The maximum Gasteiger partial charge on any atom is 0.276 e. The summed E-state index contributed by atoms with van der Waals surface area (Å²) in [4.78, 5) is 12.5. The minimum Gasteiger partial charge on any atom is -0.470 e. The summed E-state index contributed by atoms with van der Waals surface area (Å²) in [6.45, 7) is 0.697. The van der Waals surface area contributed by atoms with E-state index >= 15 is 0 Å². The monoisotopic (exact) mass is 519 g/mol. The van der Waals surface area contributed by atoms with Crippen LogP contribution in [0.2, 0.25) is 10.0 Å². The molecule has 0 saturated carbocycles. The van der Waals surface area contributed by atoms with Crippen LogP contribution in [0.25, 0.3) is 0 Å². The smallest absolute Gasteiger partial charge is 0.276 e. The van der Waals surface area contributed by atoms with E-state index < -0.39 is 0 Å². The van der Waals surface area contributed by atoms with Crippen molar-refractivity contribution in [1.29, 1.82) is 0 Å². The molecule has 158 valence electrons. The first-order chi connectivity index (χ1) is 15.0. The van der Waals surface area contributed by atoms with Crippen LogP contribution >= 0.6 is 39.1 Å². The molecule has 0 bridgehead atoms. The summed E-state index contributed by atoms with van der Waals surface area (Å²) in [5.41, 5.74) is 1.94. The number of nitrogens with one attached hydrogen (secondary N) is 1. The van der Waals surface area contributed by atoms with Crippen molar-refractivity contribution in [3.8, 4) is 5.75 Å². The Morgan fingerprint density at radius 2 is 1.90 bits per heavy atom. The summed E-state index contributed by atoms with van der Waals surface area (Å²) in [7, 11) is 0. The summed E-state index contributed by atoms with van der Waals surface area (Å²) in [6, 6.07) is 14.5. The van der Waals surface area contributed by atoms with Gasteiger partial charge in [-0.25, -0.2) is 4.68 Å². The van der Waals surface area contributed by atoms with Crippen molar-refractivity contribution >= 4 is 50.7 Å². The number of rotatable bonds is 7. The van der Waals surface area contributed by atoms with Gasteiger partial charge in [0.1, 0.15) is 5.75 Å². The molecule has 0 saturated heterocycles. The van der Waals surface area contributed by atoms with Gasteiger partial charge in [-0.15, -0.1) is 0 Å². The number of ether oxygens (including phenoxy) is 1. The van der Waals surface area contributed by atoms with Gasteiger partial charge in [-0.2, -0.15) is 10.2 Å². The highest BCUT2D eigenvalue weighted by atomic mass is 79.9. The van der Waals surface area contributed by atoms with Crippen LogP contribution in [0.3, 0.4) is 0 Å². The van der Waals surface area contributed by atoms with E-state index in [4.69, 9.17) is 27.9 Å². The third-order valence-corrected chi connectivity index (χ3v) is 5.33. The first-order valence-corrected chi connectivity index (χ1v) is 10.7. The van der Waals surface area contributed by atoms with Crippen molar-refractivity contribution < 1.29 is 9.53 Å². The molecule has 0 radical (unpaired) electrons. The Labute approximate surface area is 196 Å². The van der Waals surface area contributed by atoms with Crippen LogP contribution in [-0.4, -0.2) is 25.5 Å². The quantitative estimate of drug-likeness (QED) is 0.350. The highest BCUT2D eigenvalue weighted by Gasteiger charge is 2.12. The van der Waals surface area contributed by atoms with E-state index in [1.807, 2.05) is 24.3 Å². The molecule has 0 atom stereocenters. The van der Waals surface area contributed by atoms with Crippen molar-refractivity contribution in [2.75, 3.05) is 5.32 Å². The van der Waals surface area contributed by atoms with Gasteiger partial charge in [-0.1, -0.05) is 51.3 Å². The molecule has 0 aliphatic heterocycles. The number of anilines is 1. The van der Waals surface area contributed by atoms with E-state index in [0.29, 0.717) is 28.0 Å². The van der Waals surface area contributed by atoms with Crippen molar-refractivity contribution in [1.82, 2.24) is 19.6 Å². The maximum absolute atomic E-state index is 12.5. The zero-order valence-corrected chi connectivity index (χ0v) is 19.1. The molecule has 1 N–H and O–H groups in total. The lowest BCUT2D eigenvalue weighted by molar-refractivity contribution is 0.102. The van der Waals surface area contributed by atoms with Crippen molar-refractivity contribution in [2.45, 2.75) is 13.3 Å².